The van der Waals surface area contributed by atoms with E-state index in [0.29, 0.717) is 17.7 Å². The van der Waals surface area contributed by atoms with E-state index in [1.807, 2.05) is 6.92 Å². The van der Waals surface area contributed by atoms with Crippen molar-refractivity contribution in [1.82, 2.24) is 5.32 Å². The van der Waals surface area contributed by atoms with E-state index in [4.69, 9.17) is 15.4 Å². The third kappa shape index (κ3) is 2.53. The van der Waals surface area contributed by atoms with Gasteiger partial charge in [-0.15, -0.1) is 0 Å². The number of amides is 1. The molecule has 0 fully saturated rings. The van der Waals surface area contributed by atoms with Gasteiger partial charge in [0.2, 0.25) is 0 Å². The molecule has 0 spiro atoms. The second kappa shape index (κ2) is 5.20. The zero-order valence-corrected chi connectivity index (χ0v) is 9.23. The second-order valence-electron chi connectivity index (χ2n) is 3.35. The van der Waals surface area contributed by atoms with Crippen LogP contribution in [-0.2, 0) is 0 Å². The zero-order valence-electron chi connectivity index (χ0n) is 9.23. The van der Waals surface area contributed by atoms with Gasteiger partial charge >= 0.3 is 0 Å². The molecular weight excluding hydrogens is 210 g/mol. The Morgan fingerprint density at radius 3 is 2.88 bits per heavy atom. The number of oxime groups is 1. The number of nitrogens with zero attached hydrogens (tertiary/aromatic N) is 1. The van der Waals surface area contributed by atoms with Crippen molar-refractivity contribution in [3.63, 3.8) is 0 Å². The van der Waals surface area contributed by atoms with Gasteiger partial charge in [-0.25, -0.2) is 0 Å². The molecule has 0 bridgehead atoms. The third-order valence-electron chi connectivity index (χ3n) is 2.29. The molecule has 88 valence electrons. The van der Waals surface area contributed by atoms with E-state index in [2.05, 4.69) is 10.5 Å². The van der Waals surface area contributed by atoms with Crippen LogP contribution in [0.1, 0.15) is 29.5 Å². The summed E-state index contributed by atoms with van der Waals surface area (Å²) < 4.78 is 5.02. The van der Waals surface area contributed by atoms with Gasteiger partial charge in [-0.3, -0.25) is 4.79 Å². The lowest BCUT2D eigenvalue weighted by Gasteiger charge is -2.14. The van der Waals surface area contributed by atoms with Crippen LogP contribution in [0.3, 0.4) is 0 Å². The summed E-state index contributed by atoms with van der Waals surface area (Å²) in [4.78, 5) is 11.8. The lowest BCUT2D eigenvalue weighted by Crippen LogP contribution is -2.44. The fraction of sp³-hybridized carbons (Fsp3) is 0.400. The van der Waals surface area contributed by atoms with Gasteiger partial charge < -0.3 is 20.7 Å². The van der Waals surface area contributed by atoms with Crippen LogP contribution >= 0.6 is 0 Å². The number of hydrogen-bond acceptors (Lipinski definition) is 4. The summed E-state index contributed by atoms with van der Waals surface area (Å²) in [6, 6.07) is 1.09. The summed E-state index contributed by atoms with van der Waals surface area (Å²) in [7, 11) is 0. The van der Waals surface area contributed by atoms with Crippen LogP contribution in [0.5, 0.6) is 0 Å². The molecule has 0 aliphatic heterocycles. The Balaban J connectivity index is 2.74. The molecule has 1 unspecified atom stereocenters. The minimum absolute atomic E-state index is 0.0167. The summed E-state index contributed by atoms with van der Waals surface area (Å²) in [5.41, 5.74) is 5.88. The Morgan fingerprint density at radius 1 is 1.75 bits per heavy atom. The van der Waals surface area contributed by atoms with Gasteiger partial charge in [0.15, 0.2) is 5.84 Å². The molecule has 6 nitrogen and oxygen atoms in total. The van der Waals surface area contributed by atoms with E-state index < -0.39 is 6.04 Å². The fourth-order valence-corrected chi connectivity index (χ4v) is 1.31. The Kier molecular flexibility index (Phi) is 3.93. The van der Waals surface area contributed by atoms with Crippen molar-refractivity contribution in [1.29, 1.82) is 0 Å². The van der Waals surface area contributed by atoms with Gasteiger partial charge in [-0.2, -0.15) is 0 Å². The molecule has 4 N–H and O–H groups in total. The molecule has 16 heavy (non-hydrogen) atoms. The van der Waals surface area contributed by atoms with Gasteiger partial charge in [0.1, 0.15) is 5.76 Å². The van der Waals surface area contributed by atoms with Crippen molar-refractivity contribution in [3.05, 3.63) is 23.7 Å². The highest BCUT2D eigenvalue weighted by molar-refractivity contribution is 5.98. The van der Waals surface area contributed by atoms with Crippen molar-refractivity contribution in [3.8, 4) is 0 Å². The second-order valence-corrected chi connectivity index (χ2v) is 3.35. The van der Waals surface area contributed by atoms with E-state index in [9.17, 15) is 4.79 Å². The SMILES string of the molecule is CCC(NC(=O)c1ccoc1C)/C(N)=N/O. The van der Waals surface area contributed by atoms with Crippen LogP contribution in [0.4, 0.5) is 0 Å². The van der Waals surface area contributed by atoms with Crippen LogP contribution < -0.4 is 11.1 Å². The smallest absolute Gasteiger partial charge is 0.255 e. The van der Waals surface area contributed by atoms with E-state index in [1.54, 1.807) is 13.0 Å². The predicted octanol–water partition coefficient (Wildman–Crippen LogP) is 0.843. The topological polar surface area (TPSA) is 101 Å². The van der Waals surface area contributed by atoms with Crippen molar-refractivity contribution in [2.45, 2.75) is 26.3 Å². The third-order valence-corrected chi connectivity index (χ3v) is 2.29. The molecule has 1 atom stereocenters. The molecule has 1 heterocycles. The largest absolute Gasteiger partial charge is 0.469 e. The Hall–Kier alpha value is -1.98. The number of rotatable bonds is 4. The summed E-state index contributed by atoms with van der Waals surface area (Å²) in [6.07, 6.45) is 1.98. The number of nitrogens with two attached hydrogens (primary N) is 1. The average molecular weight is 225 g/mol. The maximum atomic E-state index is 11.8. The molecule has 0 aromatic carbocycles. The maximum absolute atomic E-state index is 11.8. The van der Waals surface area contributed by atoms with Crippen molar-refractivity contribution < 1.29 is 14.4 Å². The minimum Gasteiger partial charge on any atom is -0.469 e. The number of hydrogen-bond donors (Lipinski definition) is 3. The van der Waals surface area contributed by atoms with E-state index >= 15 is 0 Å². The number of carbonyl (C=O) groups excluding carboxylic acids is 1. The quantitative estimate of drug-likeness (QED) is 0.306. The molecule has 1 amide bonds. The van der Waals surface area contributed by atoms with Crippen molar-refractivity contribution >= 4 is 11.7 Å². The predicted molar refractivity (Wildman–Crippen MR) is 58.4 cm³/mol. The standard InChI is InChI=1S/C10H15N3O3/c1-3-8(9(11)13-15)12-10(14)7-4-5-16-6(7)2/h4-5,8,15H,3H2,1-2H3,(H2,11,13)(H,12,14). The van der Waals surface area contributed by atoms with Crippen LogP contribution in [0.2, 0.25) is 0 Å². The average Bonchev–Trinajstić information content (AvgIpc) is 2.71. The Labute approximate surface area is 93.1 Å². The number of nitrogens with one attached hydrogen (secondary N) is 1. The molecular formula is C10H15N3O3. The highest BCUT2D eigenvalue weighted by Crippen LogP contribution is 2.08. The molecule has 1 rings (SSSR count). The Morgan fingerprint density at radius 2 is 2.44 bits per heavy atom. The number of furan rings is 1. The van der Waals surface area contributed by atoms with Crippen molar-refractivity contribution in [2.75, 3.05) is 0 Å². The van der Waals surface area contributed by atoms with Crippen LogP contribution in [0.25, 0.3) is 0 Å². The van der Waals surface area contributed by atoms with Gasteiger partial charge in [0, 0.05) is 0 Å². The lowest BCUT2D eigenvalue weighted by atomic mass is 10.1. The minimum atomic E-state index is -0.480. The molecule has 0 saturated carbocycles. The molecule has 1 aromatic rings. The van der Waals surface area contributed by atoms with E-state index in [1.165, 1.54) is 6.26 Å². The number of aryl methyl sites for hydroxylation is 1. The molecule has 0 saturated heterocycles. The van der Waals surface area contributed by atoms with Gasteiger partial charge in [0.05, 0.1) is 17.9 Å². The van der Waals surface area contributed by atoms with E-state index in [-0.39, 0.29) is 11.7 Å². The monoisotopic (exact) mass is 225 g/mol. The molecule has 0 radical (unpaired) electrons. The first-order valence-corrected chi connectivity index (χ1v) is 4.92. The van der Waals surface area contributed by atoms with E-state index in [0.717, 1.165) is 0 Å². The highest BCUT2D eigenvalue weighted by atomic mass is 16.4. The molecule has 0 aliphatic rings. The van der Waals surface area contributed by atoms with Crippen LogP contribution in [-0.4, -0.2) is 23.0 Å². The first-order chi connectivity index (χ1) is 7.60. The fourth-order valence-electron chi connectivity index (χ4n) is 1.31. The normalized spacial score (nSPS) is 13.5. The van der Waals surface area contributed by atoms with Gasteiger partial charge in [-0.1, -0.05) is 12.1 Å². The lowest BCUT2D eigenvalue weighted by molar-refractivity contribution is 0.0944. The summed E-state index contributed by atoms with van der Waals surface area (Å²) in [6.45, 7) is 3.52. The maximum Gasteiger partial charge on any atom is 0.255 e. The van der Waals surface area contributed by atoms with Crippen LogP contribution in [0.15, 0.2) is 21.9 Å². The summed E-state index contributed by atoms with van der Waals surface area (Å²) in [5.74, 6) is 0.216. The van der Waals surface area contributed by atoms with Crippen LogP contribution in [0, 0.1) is 6.92 Å². The summed E-state index contributed by atoms with van der Waals surface area (Å²) >= 11 is 0. The first-order valence-electron chi connectivity index (χ1n) is 4.92. The van der Waals surface area contributed by atoms with Gasteiger partial charge in [-0.05, 0) is 19.4 Å². The highest BCUT2D eigenvalue weighted by Gasteiger charge is 2.18. The molecule has 6 heteroatoms. The molecule has 0 aliphatic carbocycles. The number of amidine groups is 1. The first kappa shape index (κ1) is 12.1. The van der Waals surface area contributed by atoms with Gasteiger partial charge in [0.25, 0.3) is 5.91 Å². The van der Waals surface area contributed by atoms with Crippen molar-refractivity contribution in [2.24, 2.45) is 10.9 Å². The molecule has 1 aromatic heterocycles. The number of carbonyl (C=O) groups is 1. The summed E-state index contributed by atoms with van der Waals surface area (Å²) in [5, 5.41) is 14.0. The zero-order chi connectivity index (χ0) is 12.1. The Bertz CT molecular complexity index is 398.